The number of H-pyrrole nitrogens is 1. The summed E-state index contributed by atoms with van der Waals surface area (Å²) in [6, 6.07) is 1.33. The van der Waals surface area contributed by atoms with Crippen LogP contribution < -0.4 is 5.32 Å². The predicted molar refractivity (Wildman–Crippen MR) is 84.8 cm³/mol. The maximum absolute atomic E-state index is 12.2. The Morgan fingerprint density at radius 1 is 1.43 bits per heavy atom. The second-order valence-corrected chi connectivity index (χ2v) is 8.14. The van der Waals surface area contributed by atoms with E-state index in [1.165, 1.54) is 0 Å². The first-order chi connectivity index (χ1) is 10.8. The van der Waals surface area contributed by atoms with Gasteiger partial charge in [-0.3, -0.25) is 14.6 Å². The Bertz CT molecular complexity index is 865. The summed E-state index contributed by atoms with van der Waals surface area (Å²) in [6.45, 7) is 3.83. The molecule has 1 fully saturated rings. The van der Waals surface area contributed by atoms with Gasteiger partial charge in [0.05, 0.1) is 22.9 Å². The second-order valence-electron chi connectivity index (χ2n) is 5.91. The quantitative estimate of drug-likeness (QED) is 0.839. The summed E-state index contributed by atoms with van der Waals surface area (Å²) < 4.78 is 24.7. The van der Waals surface area contributed by atoms with Crippen LogP contribution in [0.3, 0.4) is 0 Å². The summed E-state index contributed by atoms with van der Waals surface area (Å²) in [5, 5.41) is 14.0. The molecule has 1 aliphatic heterocycles. The fraction of sp³-hybridized carbons (Fsp3) is 0.500. The Morgan fingerprint density at radius 3 is 2.74 bits per heavy atom. The van der Waals surface area contributed by atoms with E-state index in [-0.39, 0.29) is 23.5 Å². The molecule has 1 amide bonds. The molecule has 0 aromatic carbocycles. The van der Waals surface area contributed by atoms with Crippen LogP contribution in [-0.2, 0) is 16.9 Å². The summed E-state index contributed by atoms with van der Waals surface area (Å²) in [5.74, 6) is -0.217. The number of hydrogen-bond acceptors (Lipinski definition) is 5. The molecule has 3 rings (SSSR count). The number of amides is 1. The number of nitrogens with zero attached hydrogens (tertiary/aromatic N) is 3. The molecule has 1 atom stereocenters. The number of aryl methyl sites for hydroxylation is 2. The number of sulfone groups is 1. The van der Waals surface area contributed by atoms with Crippen LogP contribution in [0, 0.1) is 13.8 Å². The molecule has 1 saturated heterocycles. The molecular weight excluding hydrogens is 318 g/mol. The number of rotatable bonds is 3. The van der Waals surface area contributed by atoms with E-state index in [4.69, 9.17) is 0 Å². The summed E-state index contributed by atoms with van der Waals surface area (Å²) in [6.07, 6.45) is 0.454. The highest BCUT2D eigenvalue weighted by molar-refractivity contribution is 7.91. The van der Waals surface area contributed by atoms with Gasteiger partial charge < -0.3 is 5.32 Å². The SMILES string of the molecule is Cc1nn(C)c(C)c1-c1cc(C(=O)N[C@@H]2CCS(=O)(=O)C2)[nH]n1. The molecule has 0 spiro atoms. The lowest BCUT2D eigenvalue weighted by Gasteiger charge is -2.08. The van der Waals surface area contributed by atoms with Crippen LogP contribution in [0.5, 0.6) is 0 Å². The van der Waals surface area contributed by atoms with Crippen LogP contribution in [0.1, 0.15) is 28.3 Å². The number of carbonyl (C=O) groups is 1. The zero-order valence-corrected chi connectivity index (χ0v) is 14.1. The maximum Gasteiger partial charge on any atom is 0.269 e. The van der Waals surface area contributed by atoms with Gasteiger partial charge in [0.25, 0.3) is 5.91 Å². The number of carbonyl (C=O) groups excluding carboxylic acids is 1. The summed E-state index contributed by atoms with van der Waals surface area (Å²) in [4.78, 5) is 12.2. The van der Waals surface area contributed by atoms with E-state index in [1.807, 2.05) is 20.9 Å². The molecule has 9 heteroatoms. The molecule has 3 heterocycles. The van der Waals surface area contributed by atoms with Crippen molar-refractivity contribution in [2.45, 2.75) is 26.3 Å². The van der Waals surface area contributed by atoms with Crippen molar-refractivity contribution in [2.75, 3.05) is 11.5 Å². The Hall–Kier alpha value is -2.16. The molecule has 2 N–H and O–H groups in total. The molecule has 8 nitrogen and oxygen atoms in total. The molecule has 0 saturated carbocycles. The van der Waals surface area contributed by atoms with E-state index in [9.17, 15) is 13.2 Å². The zero-order valence-electron chi connectivity index (χ0n) is 13.3. The molecule has 0 radical (unpaired) electrons. The largest absolute Gasteiger partial charge is 0.347 e. The highest BCUT2D eigenvalue weighted by Gasteiger charge is 2.29. The standard InChI is InChI=1S/C14H19N5O3S/c1-8-13(9(2)19(3)18-8)11-6-12(17-16-11)14(20)15-10-4-5-23(21,22)7-10/h6,10H,4-5,7H2,1-3H3,(H,15,20)(H,16,17)/t10-/m1/s1. The van der Waals surface area contributed by atoms with Crippen molar-refractivity contribution in [3.63, 3.8) is 0 Å². The van der Waals surface area contributed by atoms with E-state index < -0.39 is 9.84 Å². The van der Waals surface area contributed by atoms with E-state index in [0.29, 0.717) is 17.8 Å². The van der Waals surface area contributed by atoms with Gasteiger partial charge in [-0.1, -0.05) is 0 Å². The fourth-order valence-corrected chi connectivity index (χ4v) is 4.56. The average molecular weight is 337 g/mol. The lowest BCUT2D eigenvalue weighted by Crippen LogP contribution is -2.35. The van der Waals surface area contributed by atoms with Crippen LogP contribution in [-0.4, -0.2) is 51.9 Å². The van der Waals surface area contributed by atoms with Crippen molar-refractivity contribution >= 4 is 15.7 Å². The van der Waals surface area contributed by atoms with Crippen molar-refractivity contribution in [2.24, 2.45) is 7.05 Å². The molecule has 0 unspecified atom stereocenters. The molecular formula is C14H19N5O3S. The minimum Gasteiger partial charge on any atom is -0.347 e. The Kier molecular flexibility index (Phi) is 3.75. The monoisotopic (exact) mass is 337 g/mol. The third kappa shape index (κ3) is 3.00. The van der Waals surface area contributed by atoms with Gasteiger partial charge in [-0.05, 0) is 26.3 Å². The van der Waals surface area contributed by atoms with Crippen LogP contribution >= 0.6 is 0 Å². The predicted octanol–water partition coefficient (Wildman–Crippen LogP) is 0.344. The molecule has 2 aromatic rings. The van der Waals surface area contributed by atoms with Crippen molar-refractivity contribution in [3.05, 3.63) is 23.1 Å². The third-order valence-electron chi connectivity index (χ3n) is 4.16. The van der Waals surface area contributed by atoms with Gasteiger partial charge in [0.1, 0.15) is 5.69 Å². The lowest BCUT2D eigenvalue weighted by atomic mass is 10.1. The number of hydrogen-bond donors (Lipinski definition) is 2. The van der Waals surface area contributed by atoms with Crippen LogP contribution in [0.25, 0.3) is 11.3 Å². The highest BCUT2D eigenvalue weighted by atomic mass is 32.2. The van der Waals surface area contributed by atoms with Gasteiger partial charge in [0, 0.05) is 24.3 Å². The lowest BCUT2D eigenvalue weighted by molar-refractivity contribution is 0.0936. The summed E-state index contributed by atoms with van der Waals surface area (Å²) in [5.41, 5.74) is 3.66. The van der Waals surface area contributed by atoms with E-state index in [0.717, 1.165) is 17.0 Å². The van der Waals surface area contributed by atoms with E-state index in [1.54, 1.807) is 10.7 Å². The molecule has 0 aliphatic carbocycles. The van der Waals surface area contributed by atoms with E-state index in [2.05, 4.69) is 20.6 Å². The first-order valence-corrected chi connectivity index (χ1v) is 9.16. The van der Waals surface area contributed by atoms with Gasteiger partial charge in [0.2, 0.25) is 0 Å². The van der Waals surface area contributed by atoms with Crippen molar-refractivity contribution in [1.29, 1.82) is 0 Å². The highest BCUT2D eigenvalue weighted by Crippen LogP contribution is 2.25. The third-order valence-corrected chi connectivity index (χ3v) is 5.92. The fourth-order valence-electron chi connectivity index (χ4n) is 2.88. The zero-order chi connectivity index (χ0) is 16.8. The first kappa shape index (κ1) is 15.7. The molecule has 124 valence electrons. The summed E-state index contributed by atoms with van der Waals surface area (Å²) in [7, 11) is -1.17. The second kappa shape index (κ2) is 5.48. The Balaban J connectivity index is 1.78. The molecule has 0 bridgehead atoms. The molecule has 1 aliphatic rings. The topological polar surface area (TPSA) is 110 Å². The van der Waals surface area contributed by atoms with Crippen LogP contribution in [0.15, 0.2) is 6.07 Å². The van der Waals surface area contributed by atoms with Crippen LogP contribution in [0.4, 0.5) is 0 Å². The average Bonchev–Trinajstić information content (AvgIpc) is 3.11. The van der Waals surface area contributed by atoms with Gasteiger partial charge in [-0.2, -0.15) is 10.2 Å². The Morgan fingerprint density at radius 2 is 2.17 bits per heavy atom. The van der Waals surface area contributed by atoms with Gasteiger partial charge >= 0.3 is 0 Å². The van der Waals surface area contributed by atoms with Crippen LogP contribution in [0.2, 0.25) is 0 Å². The first-order valence-electron chi connectivity index (χ1n) is 7.34. The minimum absolute atomic E-state index is 0.000551. The molecule has 2 aromatic heterocycles. The number of aromatic nitrogens is 4. The van der Waals surface area contributed by atoms with E-state index >= 15 is 0 Å². The normalized spacial score (nSPS) is 19.9. The summed E-state index contributed by atoms with van der Waals surface area (Å²) >= 11 is 0. The van der Waals surface area contributed by atoms with Gasteiger partial charge in [0.15, 0.2) is 9.84 Å². The van der Waals surface area contributed by atoms with Crippen molar-refractivity contribution in [1.82, 2.24) is 25.3 Å². The molecule has 23 heavy (non-hydrogen) atoms. The smallest absolute Gasteiger partial charge is 0.269 e. The minimum atomic E-state index is -3.02. The number of nitrogens with one attached hydrogen (secondary N) is 2. The van der Waals surface area contributed by atoms with Gasteiger partial charge in [-0.15, -0.1) is 0 Å². The Labute approximate surface area is 134 Å². The van der Waals surface area contributed by atoms with Crippen molar-refractivity contribution in [3.8, 4) is 11.3 Å². The van der Waals surface area contributed by atoms with Crippen molar-refractivity contribution < 1.29 is 13.2 Å². The van der Waals surface area contributed by atoms with Gasteiger partial charge in [-0.25, -0.2) is 8.42 Å². The maximum atomic E-state index is 12.2. The number of aromatic amines is 1.